The third-order valence-corrected chi connectivity index (χ3v) is 5.52. The second kappa shape index (κ2) is 7.78. The van der Waals surface area contributed by atoms with Crippen LogP contribution in [-0.4, -0.2) is 47.5 Å². The number of aliphatic hydroxyl groups is 1. The number of fused-ring (bicyclic) bond motifs is 1. The molecule has 6 heteroatoms. The third kappa shape index (κ3) is 3.77. The number of benzene rings is 1. The highest BCUT2D eigenvalue weighted by Gasteiger charge is 2.28. The van der Waals surface area contributed by atoms with Crippen LogP contribution in [0.1, 0.15) is 35.4 Å². The van der Waals surface area contributed by atoms with E-state index in [1.54, 1.807) is 7.11 Å². The number of methoxy groups -OCH3 is 1. The van der Waals surface area contributed by atoms with E-state index < -0.39 is 0 Å². The standard InChI is InChI=1S/C20H27N3O3/c1-25-19-5-3-2-4-14(19)11-21-15-6-7-20-17(10-15)18(22-26-20)13-23-9-8-16(24)12-23/h2-5,15-16,21,24H,6-13H2,1H3/t15?,16-/m1/s1. The minimum Gasteiger partial charge on any atom is -0.496 e. The molecule has 2 N–H and O–H groups in total. The van der Waals surface area contributed by atoms with Gasteiger partial charge < -0.3 is 19.7 Å². The maximum absolute atomic E-state index is 9.72. The summed E-state index contributed by atoms with van der Waals surface area (Å²) in [7, 11) is 1.71. The van der Waals surface area contributed by atoms with E-state index in [0.29, 0.717) is 6.04 Å². The van der Waals surface area contributed by atoms with Gasteiger partial charge in [0.1, 0.15) is 17.2 Å². The van der Waals surface area contributed by atoms with Gasteiger partial charge in [-0.15, -0.1) is 0 Å². The summed E-state index contributed by atoms with van der Waals surface area (Å²) in [6, 6.07) is 8.55. The molecule has 0 bridgehead atoms. The number of aromatic nitrogens is 1. The molecule has 1 aromatic heterocycles. The summed E-state index contributed by atoms with van der Waals surface area (Å²) in [5.74, 6) is 1.96. The van der Waals surface area contributed by atoms with Crippen LogP contribution in [0.3, 0.4) is 0 Å². The highest BCUT2D eigenvalue weighted by Crippen LogP contribution is 2.27. The van der Waals surface area contributed by atoms with Gasteiger partial charge in [-0.1, -0.05) is 23.4 Å². The first-order valence-electron chi connectivity index (χ1n) is 9.45. The predicted octanol–water partition coefficient (Wildman–Crippen LogP) is 1.90. The van der Waals surface area contributed by atoms with Crippen LogP contribution in [0, 0.1) is 0 Å². The van der Waals surface area contributed by atoms with Crippen molar-refractivity contribution >= 4 is 0 Å². The Morgan fingerprint density at radius 3 is 3.04 bits per heavy atom. The van der Waals surface area contributed by atoms with Crippen molar-refractivity contribution in [2.75, 3.05) is 20.2 Å². The number of nitrogens with one attached hydrogen (secondary N) is 1. The van der Waals surface area contributed by atoms with Gasteiger partial charge in [0.25, 0.3) is 0 Å². The van der Waals surface area contributed by atoms with Crippen LogP contribution >= 0.6 is 0 Å². The van der Waals surface area contributed by atoms with Gasteiger partial charge in [-0.05, 0) is 25.3 Å². The average Bonchev–Trinajstić information content (AvgIpc) is 3.26. The topological polar surface area (TPSA) is 70.8 Å². The zero-order valence-electron chi connectivity index (χ0n) is 15.3. The van der Waals surface area contributed by atoms with Crippen LogP contribution in [0.2, 0.25) is 0 Å². The Morgan fingerprint density at radius 2 is 2.23 bits per heavy atom. The summed E-state index contributed by atoms with van der Waals surface area (Å²) < 4.78 is 11.0. The van der Waals surface area contributed by atoms with Gasteiger partial charge in [0.05, 0.1) is 13.2 Å². The van der Waals surface area contributed by atoms with E-state index in [2.05, 4.69) is 21.4 Å². The molecule has 0 amide bonds. The Kier molecular flexibility index (Phi) is 5.24. The van der Waals surface area contributed by atoms with E-state index in [9.17, 15) is 5.11 Å². The normalized spacial score (nSPS) is 23.2. The first-order valence-corrected chi connectivity index (χ1v) is 9.45. The number of ether oxygens (including phenoxy) is 1. The van der Waals surface area contributed by atoms with Gasteiger partial charge in [-0.25, -0.2) is 0 Å². The van der Waals surface area contributed by atoms with Gasteiger partial charge in [-0.3, -0.25) is 4.90 Å². The zero-order chi connectivity index (χ0) is 17.9. The molecule has 1 aliphatic carbocycles. The fourth-order valence-corrected chi connectivity index (χ4v) is 4.03. The molecule has 0 radical (unpaired) electrons. The van der Waals surface area contributed by atoms with Crippen LogP contribution in [0.5, 0.6) is 5.75 Å². The number of aryl methyl sites for hydroxylation is 1. The molecule has 1 aliphatic heterocycles. The summed E-state index contributed by atoms with van der Waals surface area (Å²) in [5, 5.41) is 17.7. The molecule has 4 rings (SSSR count). The molecule has 1 aromatic carbocycles. The van der Waals surface area contributed by atoms with E-state index in [-0.39, 0.29) is 6.10 Å². The number of para-hydroxylation sites is 1. The van der Waals surface area contributed by atoms with Crippen LogP contribution in [-0.2, 0) is 25.9 Å². The second-order valence-corrected chi connectivity index (χ2v) is 7.34. The van der Waals surface area contributed by atoms with Gasteiger partial charge in [0.2, 0.25) is 0 Å². The molecule has 2 atom stereocenters. The summed E-state index contributed by atoms with van der Waals surface area (Å²) in [4.78, 5) is 2.26. The van der Waals surface area contributed by atoms with Crippen molar-refractivity contribution in [1.29, 1.82) is 0 Å². The van der Waals surface area contributed by atoms with Gasteiger partial charge in [0, 0.05) is 49.8 Å². The summed E-state index contributed by atoms with van der Waals surface area (Å²) in [6.07, 6.45) is 3.57. The molecule has 2 heterocycles. The Bertz CT molecular complexity index is 746. The van der Waals surface area contributed by atoms with Crippen molar-refractivity contribution in [3.05, 3.63) is 46.8 Å². The van der Waals surface area contributed by atoms with E-state index in [1.165, 1.54) is 11.1 Å². The highest BCUT2D eigenvalue weighted by atomic mass is 16.5. The maximum atomic E-state index is 9.72. The lowest BCUT2D eigenvalue weighted by Crippen LogP contribution is -2.34. The monoisotopic (exact) mass is 357 g/mol. The maximum Gasteiger partial charge on any atom is 0.140 e. The van der Waals surface area contributed by atoms with E-state index >= 15 is 0 Å². The van der Waals surface area contributed by atoms with Crippen molar-refractivity contribution in [3.8, 4) is 5.75 Å². The third-order valence-electron chi connectivity index (χ3n) is 5.52. The predicted molar refractivity (Wildman–Crippen MR) is 98.1 cm³/mol. The van der Waals surface area contributed by atoms with Crippen LogP contribution < -0.4 is 10.1 Å². The Labute approximate surface area is 154 Å². The molecule has 140 valence electrons. The van der Waals surface area contributed by atoms with Crippen LogP contribution in [0.15, 0.2) is 28.8 Å². The zero-order valence-corrected chi connectivity index (χ0v) is 15.3. The number of hydrogen-bond donors (Lipinski definition) is 2. The molecular formula is C20H27N3O3. The minimum atomic E-state index is -0.201. The average molecular weight is 357 g/mol. The number of likely N-dealkylation sites (tertiary alicyclic amines) is 1. The summed E-state index contributed by atoms with van der Waals surface area (Å²) >= 11 is 0. The molecule has 2 aromatic rings. The minimum absolute atomic E-state index is 0.201. The van der Waals surface area contributed by atoms with E-state index in [4.69, 9.17) is 9.26 Å². The Hall–Kier alpha value is -1.89. The van der Waals surface area contributed by atoms with Crippen LogP contribution in [0.25, 0.3) is 0 Å². The van der Waals surface area contributed by atoms with Crippen LogP contribution in [0.4, 0.5) is 0 Å². The second-order valence-electron chi connectivity index (χ2n) is 7.34. The summed E-state index contributed by atoms with van der Waals surface area (Å²) in [6.45, 7) is 3.23. The molecular weight excluding hydrogens is 330 g/mol. The Balaban J connectivity index is 1.38. The molecule has 1 saturated heterocycles. The largest absolute Gasteiger partial charge is 0.496 e. The lowest BCUT2D eigenvalue weighted by Gasteiger charge is -2.24. The first kappa shape index (κ1) is 17.5. The molecule has 2 aliphatic rings. The number of β-amino-alcohol motifs (C(OH)–C–C–N with tert-alkyl or cyclic N) is 1. The quantitative estimate of drug-likeness (QED) is 0.823. The SMILES string of the molecule is COc1ccccc1CNC1CCc2onc(CN3CC[C@@H](O)C3)c2C1. The first-order chi connectivity index (χ1) is 12.7. The molecule has 1 unspecified atom stereocenters. The number of aliphatic hydroxyl groups excluding tert-OH is 1. The molecule has 6 nitrogen and oxygen atoms in total. The highest BCUT2D eigenvalue weighted by molar-refractivity contribution is 5.33. The van der Waals surface area contributed by atoms with Gasteiger partial charge in [0.15, 0.2) is 0 Å². The smallest absolute Gasteiger partial charge is 0.140 e. The fraction of sp³-hybridized carbons (Fsp3) is 0.550. The van der Waals surface area contributed by atoms with Crippen molar-refractivity contribution in [2.24, 2.45) is 0 Å². The lowest BCUT2D eigenvalue weighted by atomic mass is 9.91. The molecule has 1 fully saturated rings. The molecule has 0 spiro atoms. The van der Waals surface area contributed by atoms with E-state index in [0.717, 1.165) is 69.1 Å². The van der Waals surface area contributed by atoms with Crippen molar-refractivity contribution in [2.45, 2.75) is 50.9 Å². The summed E-state index contributed by atoms with van der Waals surface area (Å²) in [5.41, 5.74) is 3.48. The molecule has 26 heavy (non-hydrogen) atoms. The van der Waals surface area contributed by atoms with Gasteiger partial charge >= 0.3 is 0 Å². The van der Waals surface area contributed by atoms with Crippen molar-refractivity contribution < 1.29 is 14.4 Å². The van der Waals surface area contributed by atoms with Gasteiger partial charge in [-0.2, -0.15) is 0 Å². The Morgan fingerprint density at radius 1 is 1.35 bits per heavy atom. The van der Waals surface area contributed by atoms with E-state index in [1.807, 2.05) is 18.2 Å². The number of nitrogens with zero attached hydrogens (tertiary/aromatic N) is 2. The number of hydrogen-bond acceptors (Lipinski definition) is 6. The fourth-order valence-electron chi connectivity index (χ4n) is 4.03. The lowest BCUT2D eigenvalue weighted by molar-refractivity contribution is 0.173. The molecule has 0 saturated carbocycles. The van der Waals surface area contributed by atoms with Crippen molar-refractivity contribution in [1.82, 2.24) is 15.4 Å². The van der Waals surface area contributed by atoms with Crippen molar-refractivity contribution in [3.63, 3.8) is 0 Å². The number of rotatable bonds is 6.